The van der Waals surface area contributed by atoms with Gasteiger partial charge in [-0.3, -0.25) is 4.79 Å². The first-order valence-corrected chi connectivity index (χ1v) is 13.2. The summed E-state index contributed by atoms with van der Waals surface area (Å²) in [6, 6.07) is 17.8. The SMILES string of the molecule is CC(C)(C)NC(=O)NC[C@@H]1Cc2ccccc2CN1C(=S)NC[C@H]1CCCN1C(=O)c1ccccc1. The van der Waals surface area contributed by atoms with E-state index in [1.54, 1.807) is 0 Å². The third kappa shape index (κ3) is 6.55. The van der Waals surface area contributed by atoms with Crippen LogP contribution in [0.15, 0.2) is 54.6 Å². The summed E-state index contributed by atoms with van der Waals surface area (Å²) in [6.45, 7) is 8.43. The average molecular weight is 508 g/mol. The number of amides is 3. The zero-order chi connectivity index (χ0) is 25.7. The lowest BCUT2D eigenvalue weighted by Crippen LogP contribution is -2.56. The van der Waals surface area contributed by atoms with Crippen molar-refractivity contribution in [3.63, 3.8) is 0 Å². The van der Waals surface area contributed by atoms with Gasteiger partial charge in [0.1, 0.15) is 0 Å². The van der Waals surface area contributed by atoms with Crippen LogP contribution in [0.3, 0.4) is 0 Å². The van der Waals surface area contributed by atoms with E-state index in [4.69, 9.17) is 12.2 Å². The Morgan fingerprint density at radius 1 is 0.917 bits per heavy atom. The van der Waals surface area contributed by atoms with E-state index in [1.807, 2.05) is 56.0 Å². The molecule has 4 rings (SSSR count). The van der Waals surface area contributed by atoms with Crippen LogP contribution < -0.4 is 16.0 Å². The van der Waals surface area contributed by atoms with Gasteiger partial charge in [-0.25, -0.2) is 4.79 Å². The summed E-state index contributed by atoms with van der Waals surface area (Å²) in [4.78, 5) is 29.6. The highest BCUT2D eigenvalue weighted by atomic mass is 32.1. The smallest absolute Gasteiger partial charge is 0.315 e. The number of thiocarbonyl (C=S) groups is 1. The van der Waals surface area contributed by atoms with E-state index in [1.165, 1.54) is 11.1 Å². The summed E-state index contributed by atoms with van der Waals surface area (Å²) < 4.78 is 0. The Morgan fingerprint density at radius 3 is 2.31 bits per heavy atom. The molecule has 192 valence electrons. The molecule has 8 heteroatoms. The van der Waals surface area contributed by atoms with E-state index in [0.717, 1.165) is 31.4 Å². The minimum Gasteiger partial charge on any atom is -0.360 e. The second kappa shape index (κ2) is 11.3. The topological polar surface area (TPSA) is 76.7 Å². The largest absolute Gasteiger partial charge is 0.360 e. The van der Waals surface area contributed by atoms with E-state index in [0.29, 0.717) is 24.7 Å². The van der Waals surface area contributed by atoms with Gasteiger partial charge in [-0.1, -0.05) is 42.5 Å². The molecule has 2 aromatic rings. The van der Waals surface area contributed by atoms with Gasteiger partial charge in [0.15, 0.2) is 5.11 Å². The van der Waals surface area contributed by atoms with Crippen LogP contribution in [0.25, 0.3) is 0 Å². The molecule has 7 nitrogen and oxygen atoms in total. The maximum atomic E-state index is 13.0. The van der Waals surface area contributed by atoms with Gasteiger partial charge >= 0.3 is 6.03 Å². The van der Waals surface area contributed by atoms with Crippen molar-refractivity contribution in [3.05, 3.63) is 71.3 Å². The van der Waals surface area contributed by atoms with Crippen molar-refractivity contribution in [1.82, 2.24) is 25.8 Å². The van der Waals surface area contributed by atoms with Crippen LogP contribution in [0.1, 0.15) is 55.1 Å². The lowest BCUT2D eigenvalue weighted by Gasteiger charge is -2.39. The third-order valence-corrected chi connectivity index (χ3v) is 7.13. The lowest BCUT2D eigenvalue weighted by atomic mass is 9.94. The summed E-state index contributed by atoms with van der Waals surface area (Å²) in [5.41, 5.74) is 2.96. The number of hydrogen-bond acceptors (Lipinski definition) is 3. The summed E-state index contributed by atoms with van der Waals surface area (Å²) in [6.07, 6.45) is 2.75. The maximum absolute atomic E-state index is 13.0. The minimum atomic E-state index is -0.301. The first-order valence-electron chi connectivity index (χ1n) is 12.7. The van der Waals surface area contributed by atoms with Crippen molar-refractivity contribution in [3.8, 4) is 0 Å². The van der Waals surface area contributed by atoms with E-state index in [2.05, 4.69) is 45.1 Å². The molecule has 2 heterocycles. The maximum Gasteiger partial charge on any atom is 0.315 e. The van der Waals surface area contributed by atoms with Crippen molar-refractivity contribution in [2.45, 2.75) is 64.2 Å². The molecule has 0 spiro atoms. The summed E-state index contributed by atoms with van der Waals surface area (Å²) >= 11 is 5.86. The van der Waals surface area contributed by atoms with Crippen molar-refractivity contribution in [1.29, 1.82) is 0 Å². The van der Waals surface area contributed by atoms with Crippen LogP contribution in [0.5, 0.6) is 0 Å². The van der Waals surface area contributed by atoms with Crippen molar-refractivity contribution in [2.75, 3.05) is 19.6 Å². The Bertz CT molecular complexity index is 1080. The highest BCUT2D eigenvalue weighted by molar-refractivity contribution is 7.80. The summed E-state index contributed by atoms with van der Waals surface area (Å²) in [5.74, 6) is 0.0738. The number of likely N-dealkylation sites (tertiary alicyclic amines) is 1. The Labute approximate surface area is 219 Å². The van der Waals surface area contributed by atoms with Crippen LogP contribution in [0.2, 0.25) is 0 Å². The highest BCUT2D eigenvalue weighted by Gasteiger charge is 2.32. The second-order valence-corrected chi connectivity index (χ2v) is 11.1. The second-order valence-electron chi connectivity index (χ2n) is 10.7. The van der Waals surface area contributed by atoms with Crippen LogP contribution in [0, 0.1) is 0 Å². The average Bonchev–Trinajstić information content (AvgIpc) is 3.33. The summed E-state index contributed by atoms with van der Waals surface area (Å²) in [5, 5.41) is 10.1. The fraction of sp³-hybridized carbons (Fsp3) is 0.464. The van der Waals surface area contributed by atoms with E-state index >= 15 is 0 Å². The summed E-state index contributed by atoms with van der Waals surface area (Å²) in [7, 11) is 0. The number of hydrogen-bond donors (Lipinski definition) is 3. The molecule has 2 aliphatic heterocycles. The van der Waals surface area contributed by atoms with Crippen LogP contribution >= 0.6 is 12.2 Å². The molecule has 1 saturated heterocycles. The van der Waals surface area contributed by atoms with Gasteiger partial charge in [-0.15, -0.1) is 0 Å². The van der Waals surface area contributed by atoms with Gasteiger partial charge in [0, 0.05) is 43.3 Å². The number of carbonyl (C=O) groups excluding carboxylic acids is 2. The minimum absolute atomic E-state index is 0.0382. The number of urea groups is 1. The molecule has 2 atom stereocenters. The molecule has 0 aromatic heterocycles. The lowest BCUT2D eigenvalue weighted by molar-refractivity contribution is 0.0738. The predicted molar refractivity (Wildman–Crippen MR) is 147 cm³/mol. The third-order valence-electron chi connectivity index (χ3n) is 6.75. The van der Waals surface area contributed by atoms with Crippen LogP contribution in [-0.4, -0.2) is 64.1 Å². The number of carbonyl (C=O) groups is 2. The fourth-order valence-electron chi connectivity index (χ4n) is 4.97. The molecule has 36 heavy (non-hydrogen) atoms. The standard InChI is InChI=1S/C28H37N5O2S/c1-28(2,3)31-26(35)29-18-24-16-21-12-7-8-13-22(21)19-33(24)27(36)30-17-23-14-9-15-32(23)25(34)20-10-5-4-6-11-20/h4-8,10-13,23-24H,9,14-19H2,1-3H3,(H,30,36)(H2,29,31,35)/t23-,24+/m1/s1. The van der Waals surface area contributed by atoms with Gasteiger partial charge in [0.2, 0.25) is 0 Å². The van der Waals surface area contributed by atoms with Gasteiger partial charge < -0.3 is 25.8 Å². The van der Waals surface area contributed by atoms with Crippen LogP contribution in [0.4, 0.5) is 4.79 Å². The number of fused-ring (bicyclic) bond motifs is 1. The molecule has 2 aliphatic rings. The number of nitrogens with zero attached hydrogens (tertiary/aromatic N) is 2. The molecule has 0 aliphatic carbocycles. The predicted octanol–water partition coefficient (Wildman–Crippen LogP) is 3.69. The number of nitrogens with one attached hydrogen (secondary N) is 3. The molecule has 0 radical (unpaired) electrons. The Hall–Kier alpha value is -3.13. The quantitative estimate of drug-likeness (QED) is 0.538. The zero-order valence-electron chi connectivity index (χ0n) is 21.4. The molecule has 0 unspecified atom stereocenters. The van der Waals surface area contributed by atoms with Gasteiger partial charge in [-0.05, 0) is 75.5 Å². The molecular weight excluding hydrogens is 470 g/mol. The fourth-order valence-corrected chi connectivity index (χ4v) is 5.27. The molecule has 0 saturated carbocycles. The normalized spacial score (nSPS) is 19.4. The monoisotopic (exact) mass is 507 g/mol. The molecule has 3 N–H and O–H groups in total. The van der Waals surface area contributed by atoms with Crippen molar-refractivity contribution < 1.29 is 9.59 Å². The van der Waals surface area contributed by atoms with Gasteiger partial charge in [0.25, 0.3) is 5.91 Å². The molecule has 1 fully saturated rings. The van der Waals surface area contributed by atoms with E-state index in [9.17, 15) is 9.59 Å². The Kier molecular flexibility index (Phi) is 8.14. The van der Waals surface area contributed by atoms with Crippen LogP contribution in [-0.2, 0) is 13.0 Å². The Morgan fingerprint density at radius 2 is 1.58 bits per heavy atom. The molecular formula is C28H37N5O2S. The first kappa shape index (κ1) is 25.9. The van der Waals surface area contributed by atoms with Crippen molar-refractivity contribution in [2.24, 2.45) is 0 Å². The molecule has 0 bridgehead atoms. The highest BCUT2D eigenvalue weighted by Crippen LogP contribution is 2.24. The molecule has 3 amide bonds. The van der Waals surface area contributed by atoms with E-state index < -0.39 is 0 Å². The molecule has 2 aromatic carbocycles. The number of benzene rings is 2. The van der Waals surface area contributed by atoms with Crippen molar-refractivity contribution >= 4 is 29.3 Å². The van der Waals surface area contributed by atoms with Gasteiger partial charge in [0.05, 0.1) is 6.04 Å². The first-order chi connectivity index (χ1) is 17.2. The Balaban J connectivity index is 1.40. The van der Waals surface area contributed by atoms with Gasteiger partial charge in [-0.2, -0.15) is 0 Å². The van der Waals surface area contributed by atoms with E-state index in [-0.39, 0.29) is 29.6 Å². The zero-order valence-corrected chi connectivity index (χ0v) is 22.2. The number of rotatable bonds is 5.